The van der Waals surface area contributed by atoms with Gasteiger partial charge in [0.25, 0.3) is 5.92 Å². The summed E-state index contributed by atoms with van der Waals surface area (Å²) >= 11 is 5.82. The maximum atomic E-state index is 13.2. The van der Waals surface area contributed by atoms with Crippen LogP contribution in [-0.4, -0.2) is 51.9 Å². The van der Waals surface area contributed by atoms with Crippen molar-refractivity contribution in [3.05, 3.63) is 17.5 Å². The van der Waals surface area contributed by atoms with Gasteiger partial charge >= 0.3 is 0 Å². The molecule has 2 bridgehead atoms. The molecule has 1 unspecified atom stereocenters. The van der Waals surface area contributed by atoms with Crippen LogP contribution in [-0.2, 0) is 4.79 Å². The standard InChI is InChI=1S/C14H15ClF2N4O/c15-13-18-4-3-11(19-13)20-6-8-1-2-9(7-20)21(8)12(22)10-5-14(10,16)17/h3-4,8-10H,1-2,5-7H2/t8-,9+,10?. The van der Waals surface area contributed by atoms with Gasteiger partial charge in [-0.15, -0.1) is 0 Å². The minimum absolute atomic E-state index is 0.0172. The number of halogens is 3. The summed E-state index contributed by atoms with van der Waals surface area (Å²) in [7, 11) is 0. The van der Waals surface area contributed by atoms with Gasteiger partial charge in [-0.05, 0) is 30.5 Å². The van der Waals surface area contributed by atoms with E-state index in [1.54, 1.807) is 17.2 Å². The number of anilines is 1. The second-order valence-electron chi connectivity index (χ2n) is 6.24. The molecule has 1 aliphatic carbocycles. The van der Waals surface area contributed by atoms with Gasteiger partial charge in [0.1, 0.15) is 11.7 Å². The molecule has 0 radical (unpaired) electrons. The lowest BCUT2D eigenvalue weighted by atomic mass is 10.1. The Morgan fingerprint density at radius 3 is 2.50 bits per heavy atom. The minimum Gasteiger partial charge on any atom is -0.352 e. The first-order valence-electron chi connectivity index (χ1n) is 7.39. The molecule has 1 aromatic heterocycles. The summed E-state index contributed by atoms with van der Waals surface area (Å²) in [5.41, 5.74) is 0. The average molecular weight is 329 g/mol. The van der Waals surface area contributed by atoms with Crippen LogP contribution in [0.5, 0.6) is 0 Å². The van der Waals surface area contributed by atoms with Crippen molar-refractivity contribution in [3.63, 3.8) is 0 Å². The van der Waals surface area contributed by atoms with Crippen molar-refractivity contribution in [2.75, 3.05) is 18.0 Å². The second-order valence-corrected chi connectivity index (χ2v) is 6.58. The first-order chi connectivity index (χ1) is 10.5. The molecular formula is C14H15ClF2N4O. The van der Waals surface area contributed by atoms with Gasteiger partial charge < -0.3 is 9.80 Å². The van der Waals surface area contributed by atoms with Crippen molar-refractivity contribution in [1.82, 2.24) is 14.9 Å². The number of amides is 1. The van der Waals surface area contributed by atoms with Crippen LogP contribution in [0.2, 0.25) is 5.28 Å². The monoisotopic (exact) mass is 328 g/mol. The van der Waals surface area contributed by atoms with Crippen LogP contribution in [0.3, 0.4) is 0 Å². The largest absolute Gasteiger partial charge is 0.352 e. The van der Waals surface area contributed by atoms with E-state index >= 15 is 0 Å². The van der Waals surface area contributed by atoms with Gasteiger partial charge in [0.05, 0.1) is 0 Å². The molecule has 3 aliphatic rings. The van der Waals surface area contributed by atoms with E-state index in [0.717, 1.165) is 18.7 Å². The van der Waals surface area contributed by atoms with Gasteiger partial charge in [-0.1, -0.05) is 0 Å². The molecule has 5 nitrogen and oxygen atoms in total. The lowest BCUT2D eigenvalue weighted by Gasteiger charge is -2.41. The number of hydrogen-bond acceptors (Lipinski definition) is 4. The number of piperazine rings is 1. The van der Waals surface area contributed by atoms with E-state index in [2.05, 4.69) is 14.9 Å². The Balaban J connectivity index is 1.51. The molecule has 4 rings (SSSR count). The van der Waals surface area contributed by atoms with E-state index in [-0.39, 0.29) is 29.7 Å². The normalized spacial score (nSPS) is 32.2. The van der Waals surface area contributed by atoms with Gasteiger partial charge in [-0.25, -0.2) is 18.7 Å². The molecular weight excluding hydrogens is 314 g/mol. The van der Waals surface area contributed by atoms with E-state index in [1.165, 1.54) is 0 Å². The molecule has 0 spiro atoms. The van der Waals surface area contributed by atoms with E-state index in [0.29, 0.717) is 13.1 Å². The highest BCUT2D eigenvalue weighted by atomic mass is 35.5. The summed E-state index contributed by atoms with van der Waals surface area (Å²) in [6.07, 6.45) is 3.00. The number of rotatable bonds is 2. The maximum absolute atomic E-state index is 13.2. The Labute approximate surface area is 131 Å². The summed E-state index contributed by atoms with van der Waals surface area (Å²) in [5, 5.41) is 0.181. The van der Waals surface area contributed by atoms with Crippen LogP contribution in [0.4, 0.5) is 14.6 Å². The number of aromatic nitrogens is 2. The van der Waals surface area contributed by atoms with Crippen molar-refractivity contribution in [2.45, 2.75) is 37.3 Å². The van der Waals surface area contributed by atoms with Crippen molar-refractivity contribution in [2.24, 2.45) is 5.92 Å². The van der Waals surface area contributed by atoms with Crippen LogP contribution in [0.15, 0.2) is 12.3 Å². The molecule has 3 heterocycles. The smallest absolute Gasteiger partial charge is 0.260 e. The molecule has 1 saturated carbocycles. The second kappa shape index (κ2) is 4.75. The molecule has 3 fully saturated rings. The highest BCUT2D eigenvalue weighted by Crippen LogP contribution is 2.51. The number of hydrogen-bond donors (Lipinski definition) is 0. The zero-order valence-electron chi connectivity index (χ0n) is 11.8. The summed E-state index contributed by atoms with van der Waals surface area (Å²) < 4.78 is 26.3. The molecule has 0 aromatic carbocycles. The lowest BCUT2D eigenvalue weighted by molar-refractivity contribution is -0.138. The summed E-state index contributed by atoms with van der Waals surface area (Å²) in [6, 6.07) is 1.74. The van der Waals surface area contributed by atoms with Crippen molar-refractivity contribution < 1.29 is 13.6 Å². The SMILES string of the molecule is O=C(C1CC1(F)F)N1[C@@H]2CC[C@H]1CN(c1ccnc(Cl)n1)C2. The Hall–Kier alpha value is -1.50. The van der Waals surface area contributed by atoms with Crippen LogP contribution in [0, 0.1) is 5.92 Å². The minimum atomic E-state index is -2.80. The molecule has 8 heteroatoms. The van der Waals surface area contributed by atoms with Crippen molar-refractivity contribution >= 4 is 23.3 Å². The predicted octanol–water partition coefficient (Wildman–Crippen LogP) is 1.96. The molecule has 22 heavy (non-hydrogen) atoms. The molecule has 2 saturated heterocycles. The predicted molar refractivity (Wildman–Crippen MR) is 76.0 cm³/mol. The van der Waals surface area contributed by atoms with E-state index < -0.39 is 11.8 Å². The number of carbonyl (C=O) groups excluding carboxylic acids is 1. The molecule has 3 atom stereocenters. The zero-order valence-corrected chi connectivity index (χ0v) is 12.5. The van der Waals surface area contributed by atoms with Crippen LogP contribution in [0.1, 0.15) is 19.3 Å². The van der Waals surface area contributed by atoms with E-state index in [4.69, 9.17) is 11.6 Å². The fourth-order valence-electron chi connectivity index (χ4n) is 3.61. The molecule has 2 aliphatic heterocycles. The summed E-state index contributed by atoms with van der Waals surface area (Å²) in [4.78, 5) is 24.1. The zero-order chi connectivity index (χ0) is 15.5. The first-order valence-corrected chi connectivity index (χ1v) is 7.77. The summed E-state index contributed by atoms with van der Waals surface area (Å²) in [6.45, 7) is 1.21. The number of fused-ring (bicyclic) bond motifs is 2. The fourth-order valence-corrected chi connectivity index (χ4v) is 3.76. The Morgan fingerprint density at radius 1 is 1.32 bits per heavy atom. The van der Waals surface area contributed by atoms with Gasteiger partial charge in [0.15, 0.2) is 0 Å². The van der Waals surface area contributed by atoms with Crippen LogP contribution < -0.4 is 4.90 Å². The third-order valence-corrected chi connectivity index (χ3v) is 4.98. The van der Waals surface area contributed by atoms with E-state index in [9.17, 15) is 13.6 Å². The number of carbonyl (C=O) groups is 1. The highest BCUT2D eigenvalue weighted by molar-refractivity contribution is 6.28. The maximum Gasteiger partial charge on any atom is 0.260 e. The number of nitrogens with zero attached hydrogens (tertiary/aromatic N) is 4. The molecule has 118 valence electrons. The van der Waals surface area contributed by atoms with Crippen molar-refractivity contribution in [3.8, 4) is 0 Å². The lowest BCUT2D eigenvalue weighted by Crippen LogP contribution is -2.56. The van der Waals surface area contributed by atoms with Gasteiger partial charge in [-0.3, -0.25) is 4.79 Å². The Bertz CT molecular complexity index is 615. The van der Waals surface area contributed by atoms with Crippen molar-refractivity contribution in [1.29, 1.82) is 0 Å². The number of alkyl halides is 2. The molecule has 1 aromatic rings. The fraction of sp³-hybridized carbons (Fsp3) is 0.643. The quantitative estimate of drug-likeness (QED) is 0.779. The van der Waals surface area contributed by atoms with Gasteiger partial charge in [-0.2, -0.15) is 0 Å². The van der Waals surface area contributed by atoms with Crippen LogP contribution >= 0.6 is 11.6 Å². The van der Waals surface area contributed by atoms with E-state index in [1.807, 2.05) is 0 Å². The third-order valence-electron chi connectivity index (χ3n) is 4.80. The average Bonchev–Trinajstić information content (AvgIpc) is 3.04. The molecule has 0 N–H and O–H groups in total. The first kappa shape index (κ1) is 14.1. The highest BCUT2D eigenvalue weighted by Gasteiger charge is 2.64. The van der Waals surface area contributed by atoms with Gasteiger partial charge in [0, 0.05) is 37.8 Å². The molecule has 1 amide bonds. The third kappa shape index (κ3) is 2.22. The Morgan fingerprint density at radius 2 is 1.95 bits per heavy atom. The van der Waals surface area contributed by atoms with Crippen LogP contribution in [0.25, 0.3) is 0 Å². The summed E-state index contributed by atoms with van der Waals surface area (Å²) in [5.74, 6) is -3.55. The Kier molecular flexibility index (Phi) is 3.04. The van der Waals surface area contributed by atoms with Gasteiger partial charge in [0.2, 0.25) is 11.2 Å². The topological polar surface area (TPSA) is 49.3 Å².